The Morgan fingerprint density at radius 1 is 1.10 bits per heavy atom. The van der Waals surface area contributed by atoms with Crippen LogP contribution in [0.5, 0.6) is 17.2 Å². The van der Waals surface area contributed by atoms with Crippen LogP contribution in [-0.2, 0) is 9.53 Å². The summed E-state index contributed by atoms with van der Waals surface area (Å²) in [4.78, 5) is 11.5. The van der Waals surface area contributed by atoms with E-state index in [1.165, 1.54) is 13.2 Å². The molecule has 5 heteroatoms. The Bertz CT molecular complexity index is 479. The highest BCUT2D eigenvalue weighted by Crippen LogP contribution is 2.38. The van der Waals surface area contributed by atoms with E-state index in [2.05, 4.69) is 0 Å². The summed E-state index contributed by atoms with van der Waals surface area (Å²) in [5.74, 6) is 1.25. The first kappa shape index (κ1) is 15.9. The Hall–Kier alpha value is -2.17. The standard InChI is InChI=1S/C15H20O5/c1-5-10-20-14(16)9-6-11-12(17-2)7-8-13(18-3)15(11)19-4/h6-9H,5,10H2,1-4H3. The van der Waals surface area contributed by atoms with Crippen molar-refractivity contribution >= 4 is 12.0 Å². The van der Waals surface area contributed by atoms with Gasteiger partial charge in [-0.25, -0.2) is 4.79 Å². The SMILES string of the molecule is CCCOC(=O)C=Cc1c(OC)ccc(OC)c1OC. The molecule has 110 valence electrons. The van der Waals surface area contributed by atoms with Crippen LogP contribution in [0, 0.1) is 0 Å². The molecule has 1 aromatic carbocycles. The lowest BCUT2D eigenvalue weighted by atomic mass is 10.1. The molecular formula is C15H20O5. The second-order valence-corrected chi connectivity index (χ2v) is 3.92. The van der Waals surface area contributed by atoms with Gasteiger partial charge in [0.25, 0.3) is 0 Å². The van der Waals surface area contributed by atoms with E-state index in [0.717, 1.165) is 6.42 Å². The number of hydrogen-bond acceptors (Lipinski definition) is 5. The average molecular weight is 280 g/mol. The van der Waals surface area contributed by atoms with Crippen LogP contribution in [0.3, 0.4) is 0 Å². The third-order valence-electron chi connectivity index (χ3n) is 2.60. The molecule has 0 heterocycles. The average Bonchev–Trinajstić information content (AvgIpc) is 2.49. The number of hydrogen-bond donors (Lipinski definition) is 0. The number of carbonyl (C=O) groups is 1. The summed E-state index contributed by atoms with van der Waals surface area (Å²) in [6.45, 7) is 2.33. The highest BCUT2D eigenvalue weighted by molar-refractivity contribution is 5.88. The van der Waals surface area contributed by atoms with Crippen LogP contribution in [0.15, 0.2) is 18.2 Å². The molecular weight excluding hydrogens is 260 g/mol. The lowest BCUT2D eigenvalue weighted by Crippen LogP contribution is -2.01. The summed E-state index contributed by atoms with van der Waals surface area (Å²) in [5.41, 5.74) is 0.628. The van der Waals surface area contributed by atoms with Crippen LogP contribution in [0.1, 0.15) is 18.9 Å². The monoisotopic (exact) mass is 280 g/mol. The van der Waals surface area contributed by atoms with Crippen molar-refractivity contribution in [3.63, 3.8) is 0 Å². The summed E-state index contributed by atoms with van der Waals surface area (Å²) in [5, 5.41) is 0. The zero-order valence-corrected chi connectivity index (χ0v) is 12.3. The van der Waals surface area contributed by atoms with E-state index in [4.69, 9.17) is 18.9 Å². The first-order valence-electron chi connectivity index (χ1n) is 6.31. The Kier molecular flexibility index (Phi) is 6.43. The Balaban J connectivity index is 3.07. The Morgan fingerprint density at radius 3 is 2.30 bits per heavy atom. The summed E-state index contributed by atoms with van der Waals surface area (Å²) in [7, 11) is 4.63. The fourth-order valence-corrected chi connectivity index (χ4v) is 1.67. The molecule has 1 rings (SSSR count). The predicted molar refractivity (Wildman–Crippen MR) is 76.4 cm³/mol. The molecule has 0 aliphatic rings. The number of esters is 1. The molecule has 0 fully saturated rings. The third-order valence-corrected chi connectivity index (χ3v) is 2.60. The highest BCUT2D eigenvalue weighted by atomic mass is 16.5. The van der Waals surface area contributed by atoms with Gasteiger partial charge in [-0.3, -0.25) is 0 Å². The molecule has 20 heavy (non-hydrogen) atoms. The first-order valence-corrected chi connectivity index (χ1v) is 6.31. The van der Waals surface area contributed by atoms with Crippen molar-refractivity contribution in [2.75, 3.05) is 27.9 Å². The molecule has 0 bridgehead atoms. The van der Waals surface area contributed by atoms with E-state index < -0.39 is 5.97 Å². The van der Waals surface area contributed by atoms with Crippen molar-refractivity contribution in [1.82, 2.24) is 0 Å². The van der Waals surface area contributed by atoms with Crippen molar-refractivity contribution in [2.24, 2.45) is 0 Å². The van der Waals surface area contributed by atoms with Gasteiger partial charge >= 0.3 is 5.97 Å². The number of ether oxygens (including phenoxy) is 4. The molecule has 0 aromatic heterocycles. The van der Waals surface area contributed by atoms with Gasteiger partial charge < -0.3 is 18.9 Å². The van der Waals surface area contributed by atoms with Crippen LogP contribution in [-0.4, -0.2) is 33.9 Å². The van der Waals surface area contributed by atoms with E-state index in [1.807, 2.05) is 6.92 Å². The minimum atomic E-state index is -0.404. The predicted octanol–water partition coefficient (Wildman–Crippen LogP) is 2.68. The fraction of sp³-hybridized carbons (Fsp3) is 0.400. The smallest absolute Gasteiger partial charge is 0.330 e. The number of methoxy groups -OCH3 is 3. The number of carbonyl (C=O) groups excluding carboxylic acids is 1. The molecule has 0 saturated heterocycles. The molecule has 0 amide bonds. The third kappa shape index (κ3) is 3.91. The topological polar surface area (TPSA) is 54.0 Å². The van der Waals surface area contributed by atoms with Gasteiger partial charge in [-0.05, 0) is 24.6 Å². The largest absolute Gasteiger partial charge is 0.496 e. The molecule has 0 spiro atoms. The minimum absolute atomic E-state index is 0.398. The lowest BCUT2D eigenvalue weighted by molar-refractivity contribution is -0.137. The Labute approximate surface area is 119 Å². The van der Waals surface area contributed by atoms with E-state index in [0.29, 0.717) is 29.4 Å². The van der Waals surface area contributed by atoms with Crippen LogP contribution in [0.25, 0.3) is 6.08 Å². The lowest BCUT2D eigenvalue weighted by Gasteiger charge is -2.13. The molecule has 0 N–H and O–H groups in total. The van der Waals surface area contributed by atoms with Gasteiger partial charge in [0.15, 0.2) is 11.5 Å². The molecule has 5 nitrogen and oxygen atoms in total. The summed E-state index contributed by atoms with van der Waals surface area (Å²) < 4.78 is 20.8. The van der Waals surface area contributed by atoms with Crippen LogP contribution in [0.4, 0.5) is 0 Å². The van der Waals surface area contributed by atoms with Gasteiger partial charge in [-0.15, -0.1) is 0 Å². The van der Waals surface area contributed by atoms with Gasteiger partial charge in [-0.1, -0.05) is 6.92 Å². The van der Waals surface area contributed by atoms with E-state index in [1.54, 1.807) is 32.4 Å². The second kappa shape index (κ2) is 8.09. The van der Waals surface area contributed by atoms with Crippen molar-refractivity contribution in [1.29, 1.82) is 0 Å². The van der Waals surface area contributed by atoms with Crippen molar-refractivity contribution in [2.45, 2.75) is 13.3 Å². The minimum Gasteiger partial charge on any atom is -0.496 e. The maximum absolute atomic E-state index is 11.5. The summed E-state index contributed by atoms with van der Waals surface area (Å²) >= 11 is 0. The molecule has 0 radical (unpaired) electrons. The van der Waals surface area contributed by atoms with Crippen molar-refractivity contribution < 1.29 is 23.7 Å². The second-order valence-electron chi connectivity index (χ2n) is 3.92. The molecule has 0 aliphatic carbocycles. The van der Waals surface area contributed by atoms with Crippen molar-refractivity contribution in [3.8, 4) is 17.2 Å². The van der Waals surface area contributed by atoms with Crippen LogP contribution >= 0.6 is 0 Å². The van der Waals surface area contributed by atoms with E-state index in [-0.39, 0.29) is 0 Å². The molecule has 0 aliphatic heterocycles. The number of rotatable bonds is 7. The van der Waals surface area contributed by atoms with E-state index in [9.17, 15) is 4.79 Å². The van der Waals surface area contributed by atoms with Gasteiger partial charge in [0, 0.05) is 6.08 Å². The molecule has 1 aromatic rings. The van der Waals surface area contributed by atoms with Gasteiger partial charge in [0.2, 0.25) is 0 Å². The van der Waals surface area contributed by atoms with Crippen molar-refractivity contribution in [3.05, 3.63) is 23.8 Å². The van der Waals surface area contributed by atoms with Gasteiger partial charge in [0.1, 0.15) is 5.75 Å². The maximum Gasteiger partial charge on any atom is 0.330 e. The fourth-order valence-electron chi connectivity index (χ4n) is 1.67. The van der Waals surface area contributed by atoms with Gasteiger partial charge in [0.05, 0.1) is 33.5 Å². The normalized spacial score (nSPS) is 10.4. The molecule has 0 atom stereocenters. The maximum atomic E-state index is 11.5. The quantitative estimate of drug-likeness (QED) is 0.568. The van der Waals surface area contributed by atoms with Crippen LogP contribution in [0.2, 0.25) is 0 Å². The van der Waals surface area contributed by atoms with Crippen LogP contribution < -0.4 is 14.2 Å². The Morgan fingerprint density at radius 2 is 1.75 bits per heavy atom. The highest BCUT2D eigenvalue weighted by Gasteiger charge is 2.13. The first-order chi connectivity index (χ1) is 9.67. The summed E-state index contributed by atoms with van der Waals surface area (Å²) in [6, 6.07) is 3.49. The number of benzene rings is 1. The summed E-state index contributed by atoms with van der Waals surface area (Å²) in [6.07, 6.45) is 3.72. The molecule has 0 saturated carbocycles. The zero-order valence-electron chi connectivity index (χ0n) is 12.3. The molecule has 0 unspecified atom stereocenters. The zero-order chi connectivity index (χ0) is 15.0. The van der Waals surface area contributed by atoms with E-state index >= 15 is 0 Å². The van der Waals surface area contributed by atoms with Gasteiger partial charge in [-0.2, -0.15) is 0 Å².